The predicted octanol–water partition coefficient (Wildman–Crippen LogP) is -5.61. The molecule has 35 heteroatoms. The Morgan fingerprint density at radius 3 is 2.16 bits per heavy atom. The summed E-state index contributed by atoms with van der Waals surface area (Å²) in [6.45, 7) is 5.28. The van der Waals surface area contributed by atoms with Crippen molar-refractivity contribution in [3.05, 3.63) is 83.6 Å². The number of aliphatic hydroxyl groups excluding tert-OH is 6. The smallest absolute Gasteiger partial charge is 0.268 e. The number of fused-ring (bicyclic) bond motifs is 2. The number of aromatic amines is 1. The maximum atomic E-state index is 15.0. The van der Waals surface area contributed by atoms with E-state index in [1.54, 1.807) is 6.08 Å². The fraction of sp³-hybridized carbons (Fsp3) is 0.540. The number of hydrogen-bond donors (Lipinski definition) is 20. The summed E-state index contributed by atoms with van der Waals surface area (Å²) in [5.41, 5.74) is 9.42. The zero-order valence-electron chi connectivity index (χ0n) is 54.8. The van der Waals surface area contributed by atoms with Crippen LogP contribution in [-0.4, -0.2) is 221 Å². The molecule has 5 rings (SSSR count). The number of allylic oxidation sites excluding steroid dienone is 5. The minimum Gasteiger partial charge on any atom is -0.507 e. The Labute approximate surface area is 563 Å². The number of carbonyl (C=O) groups excluding carboxylic acids is 12. The highest BCUT2D eigenvalue weighted by Crippen LogP contribution is 2.32. The summed E-state index contributed by atoms with van der Waals surface area (Å²) in [5, 5.41) is 99.8. The maximum Gasteiger partial charge on any atom is 0.268 e. The number of aromatic nitrogens is 2. The van der Waals surface area contributed by atoms with Crippen molar-refractivity contribution in [1.82, 2.24) is 63.1 Å². The Kier molecular flexibility index (Phi) is 31.1. The lowest BCUT2D eigenvalue weighted by molar-refractivity contribution is -0.283. The third-order valence-electron chi connectivity index (χ3n) is 15.9. The summed E-state index contributed by atoms with van der Waals surface area (Å²) < 4.78 is 11.2. The molecule has 538 valence electrons. The lowest BCUT2D eigenvalue weighted by Gasteiger charge is -2.36. The van der Waals surface area contributed by atoms with Gasteiger partial charge in [0.05, 0.1) is 49.8 Å². The van der Waals surface area contributed by atoms with Gasteiger partial charge in [-0.3, -0.25) is 57.5 Å². The number of nitrogens with one attached hydrogen (secondary N) is 11. The normalized spacial score (nSPS) is 26.2. The van der Waals surface area contributed by atoms with Crippen LogP contribution in [0.5, 0.6) is 5.75 Å². The lowest BCUT2D eigenvalue weighted by atomic mass is 9.97. The van der Waals surface area contributed by atoms with E-state index in [1.165, 1.54) is 44.2 Å². The third-order valence-corrected chi connectivity index (χ3v) is 15.9. The second-order valence-corrected chi connectivity index (χ2v) is 23.7. The number of amides is 12. The Morgan fingerprint density at radius 2 is 1.49 bits per heavy atom. The number of aromatic hydroxyl groups is 1. The van der Waals surface area contributed by atoms with E-state index >= 15 is 0 Å². The number of imidazole rings is 1. The minimum absolute atomic E-state index is 0.00450. The maximum absolute atomic E-state index is 15.0. The molecule has 12 amide bonds. The van der Waals surface area contributed by atoms with Crippen molar-refractivity contribution in [2.45, 2.75) is 203 Å². The molecule has 2 aromatic rings. The van der Waals surface area contributed by atoms with E-state index in [-0.39, 0.29) is 22.5 Å². The molecule has 3 aliphatic rings. The van der Waals surface area contributed by atoms with Crippen LogP contribution < -0.4 is 64.6 Å². The van der Waals surface area contributed by atoms with Crippen LogP contribution in [0.1, 0.15) is 110 Å². The molecule has 1 aromatic carbocycles. The summed E-state index contributed by atoms with van der Waals surface area (Å²) in [7, 11) is 0. The summed E-state index contributed by atoms with van der Waals surface area (Å²) in [6, 6.07) is -9.64. The van der Waals surface area contributed by atoms with E-state index in [0.717, 1.165) is 70.9 Å². The first kappa shape index (κ1) is 79.2. The van der Waals surface area contributed by atoms with Crippen LogP contribution in [0.15, 0.2) is 72.4 Å². The SMILES string of the molecule is C/C=C1/NC(=O)[C@@H]2Cc3ccc(O)c(c3)-c3nc[nH]c3C[C@H](NC(=O)[C@@H](CCC(N)=O)NC(=O)CNC(=O)[C@@H]([C@@H](O)CC(N)=O)NC1=O)C(=O)N[C@@H](C)[C@H](NC(=O)/C(=C\C)NC(=O)[C@@H](O)[C@@H](/C=C/C=C/CCCCCCCC)O[C@H]1OC[C@@H](O)[C@H](O)[C@@H]1O)C(=O)N[C@H]([C@@H](C)O)C(=O)N2. The molecule has 0 aliphatic carbocycles. The van der Waals surface area contributed by atoms with Crippen molar-refractivity contribution >= 4 is 70.9 Å². The van der Waals surface area contributed by atoms with Gasteiger partial charge in [0.1, 0.15) is 77.8 Å². The quantitative estimate of drug-likeness (QED) is 0.0280. The first-order chi connectivity index (χ1) is 46.5. The highest BCUT2D eigenvalue weighted by molar-refractivity contribution is 6.04. The van der Waals surface area contributed by atoms with E-state index in [4.69, 9.17) is 20.9 Å². The molecule has 1 saturated heterocycles. The van der Waals surface area contributed by atoms with Gasteiger partial charge in [-0.1, -0.05) is 81.6 Å². The third kappa shape index (κ3) is 23.4. The fourth-order valence-corrected chi connectivity index (χ4v) is 10.4. The summed E-state index contributed by atoms with van der Waals surface area (Å²) in [4.78, 5) is 175. The molecule has 3 aliphatic heterocycles. The molecule has 22 N–H and O–H groups in total. The van der Waals surface area contributed by atoms with E-state index in [2.05, 4.69) is 70.1 Å². The standard InChI is InChI=1S/C63H90N14O21/c1-6-9-10-11-12-13-14-15-16-17-18-43(98-63-53(87)51(85)42(81)28-97-63)52(86)62(96)72-35(8-3)54(88)75-47-30(4)69-57(91)39-25-37-49(68-29-67-37)33-23-32(19-21-40(33)79)24-38(74-61(95)48(31(5)78)76-60(47)94)58(92)71-34(7-2)55(89)77-50(41(80)26-45(65)83)59(93)66-27-46(84)70-36(56(90)73-39)20-22-44(64)82/h7-8,15-19,21,23,29-31,36,38-39,41-43,47-48,50-53,63,78-81,85-87H,6,9-14,20,22,24-28H2,1-5H3,(H2,64,82)(H2,65,83)(H,66,93)(H,67,68)(H,69,91)(H,70,84)(H,71,92)(H,72,96)(H,73,90)(H,74,95)(H,75,88)(H,76,94)(H,77,89)/b16-15+,18-17+,34-7+,35-8+/t30-,31+,36+,38-,39-,41-,42+,43+,47-,48+,50+,51-,52-,53-,63+/m0/s1. The van der Waals surface area contributed by atoms with Crippen molar-refractivity contribution < 1.29 is 103 Å². The number of H-pyrrole nitrogens is 1. The van der Waals surface area contributed by atoms with Crippen LogP contribution in [0.25, 0.3) is 11.3 Å². The molecular weight excluding hydrogens is 1290 g/mol. The van der Waals surface area contributed by atoms with Gasteiger partial charge < -0.3 is 115 Å². The largest absolute Gasteiger partial charge is 0.507 e. The molecule has 4 bridgehead atoms. The van der Waals surface area contributed by atoms with E-state index in [9.17, 15) is 93.3 Å². The molecule has 0 radical (unpaired) electrons. The second kappa shape index (κ2) is 38.5. The molecule has 0 spiro atoms. The number of ether oxygens (including phenoxy) is 2. The first-order valence-electron chi connectivity index (χ1n) is 31.9. The van der Waals surface area contributed by atoms with Crippen molar-refractivity contribution in [3.63, 3.8) is 0 Å². The second-order valence-electron chi connectivity index (χ2n) is 23.7. The molecule has 0 saturated carbocycles. The number of unbranched alkanes of at least 4 members (excludes halogenated alkanes) is 6. The first-order valence-corrected chi connectivity index (χ1v) is 31.9. The van der Waals surface area contributed by atoms with Gasteiger partial charge in [-0.25, -0.2) is 4.98 Å². The number of nitrogens with two attached hydrogens (primary N) is 2. The number of hydrogen-bond acceptors (Lipinski definition) is 22. The van der Waals surface area contributed by atoms with Crippen LogP contribution in [0.4, 0.5) is 0 Å². The summed E-state index contributed by atoms with van der Waals surface area (Å²) in [5.74, 6) is -15.2. The molecule has 4 heterocycles. The molecule has 35 nitrogen and oxygen atoms in total. The number of rotatable bonds is 23. The van der Waals surface area contributed by atoms with Gasteiger partial charge in [-0.2, -0.15) is 0 Å². The monoisotopic (exact) mass is 1380 g/mol. The molecule has 98 heavy (non-hydrogen) atoms. The van der Waals surface area contributed by atoms with Gasteiger partial charge in [-0.05, 0) is 64.7 Å². The van der Waals surface area contributed by atoms with Gasteiger partial charge in [0.25, 0.3) is 17.7 Å². The van der Waals surface area contributed by atoms with Crippen LogP contribution in [0, 0.1) is 0 Å². The zero-order chi connectivity index (χ0) is 72.5. The minimum atomic E-state index is -2.25. The van der Waals surface area contributed by atoms with Crippen molar-refractivity contribution in [1.29, 1.82) is 0 Å². The van der Waals surface area contributed by atoms with Crippen LogP contribution in [-0.2, 0) is 79.8 Å². The number of primary amides is 2. The van der Waals surface area contributed by atoms with Crippen molar-refractivity contribution in [2.24, 2.45) is 11.5 Å². The molecule has 1 fully saturated rings. The number of carbonyl (C=O) groups is 12. The van der Waals surface area contributed by atoms with Crippen molar-refractivity contribution in [2.75, 3.05) is 13.2 Å². The molecule has 0 unspecified atom stereocenters. The van der Waals surface area contributed by atoms with Crippen LogP contribution in [0.2, 0.25) is 0 Å². The molecule has 1 aromatic heterocycles. The number of phenols is 1. The zero-order valence-corrected chi connectivity index (χ0v) is 54.8. The van der Waals surface area contributed by atoms with Crippen LogP contribution >= 0.6 is 0 Å². The Bertz CT molecular complexity index is 3320. The van der Waals surface area contributed by atoms with E-state index in [0.29, 0.717) is 6.42 Å². The van der Waals surface area contributed by atoms with Gasteiger partial charge in [0, 0.05) is 30.5 Å². The highest BCUT2D eigenvalue weighted by atomic mass is 16.7. The van der Waals surface area contributed by atoms with E-state index < -0.39 is 225 Å². The average molecular weight is 1380 g/mol. The number of phenolic OH excluding ortho intramolecular Hbond substituents is 1. The Balaban J connectivity index is 1.62. The van der Waals surface area contributed by atoms with Gasteiger partial charge in [-0.15, -0.1) is 0 Å². The van der Waals surface area contributed by atoms with Crippen LogP contribution in [0.3, 0.4) is 0 Å². The number of benzene rings is 1. The van der Waals surface area contributed by atoms with Crippen molar-refractivity contribution in [3.8, 4) is 17.0 Å². The topological polar surface area (TPSA) is 566 Å². The summed E-state index contributed by atoms with van der Waals surface area (Å²) in [6.07, 6.45) is -1.80. The number of aliphatic hydroxyl groups is 6. The number of nitrogens with zero attached hydrogens (tertiary/aromatic N) is 1. The fourth-order valence-electron chi connectivity index (χ4n) is 10.4. The molecular formula is C63H90N14O21. The average Bonchev–Trinajstić information content (AvgIpc) is 1.47. The summed E-state index contributed by atoms with van der Waals surface area (Å²) >= 11 is 0. The predicted molar refractivity (Wildman–Crippen MR) is 344 cm³/mol. The molecule has 15 atom stereocenters. The van der Waals surface area contributed by atoms with E-state index in [1.807, 2.05) is 6.08 Å². The Hall–Kier alpha value is -9.49. The van der Waals surface area contributed by atoms with Gasteiger partial charge >= 0.3 is 0 Å². The Morgan fingerprint density at radius 1 is 0.796 bits per heavy atom. The lowest BCUT2D eigenvalue weighted by Crippen LogP contribution is -2.64. The van der Waals surface area contributed by atoms with Gasteiger partial charge in [0.2, 0.25) is 53.2 Å². The highest BCUT2D eigenvalue weighted by Gasteiger charge is 2.43. The van der Waals surface area contributed by atoms with Gasteiger partial charge in [0.15, 0.2) is 12.4 Å².